The van der Waals surface area contributed by atoms with Gasteiger partial charge in [0, 0.05) is 24.3 Å². The molecule has 6 rings (SSSR count). The highest BCUT2D eigenvalue weighted by molar-refractivity contribution is 5.96. The molecule has 0 radical (unpaired) electrons. The van der Waals surface area contributed by atoms with Gasteiger partial charge in [0.05, 0.1) is 15.3 Å². The summed E-state index contributed by atoms with van der Waals surface area (Å²) in [4.78, 5) is 23.3. The Morgan fingerprint density at radius 3 is 1.13 bits per heavy atom. The van der Waals surface area contributed by atoms with Crippen molar-refractivity contribution in [3.63, 3.8) is 0 Å². The maximum absolute atomic E-state index is 12.0. The van der Waals surface area contributed by atoms with Crippen LogP contribution in [0.25, 0.3) is 22.3 Å². The van der Waals surface area contributed by atoms with E-state index in [1.54, 1.807) is 24.3 Å². The van der Waals surface area contributed by atoms with E-state index in [0.29, 0.717) is 0 Å². The maximum atomic E-state index is 12.0. The molecule has 196 valence electrons. The summed E-state index contributed by atoms with van der Waals surface area (Å²) < 4.78 is 0. The van der Waals surface area contributed by atoms with E-state index in [9.17, 15) is 20.2 Å². The molecule has 1 spiro atoms. The quantitative estimate of drug-likeness (QED) is 0.170. The summed E-state index contributed by atoms with van der Waals surface area (Å²) in [5, 5.41) is 24.0. The first-order chi connectivity index (χ1) is 18.2. The maximum Gasteiger partial charge on any atom is 0.269 e. The third-order valence-corrected chi connectivity index (χ3v) is 8.40. The highest BCUT2D eigenvalue weighted by Gasteiger charge is 2.53. The molecule has 0 bridgehead atoms. The lowest BCUT2D eigenvalue weighted by molar-refractivity contribution is -0.385. The van der Waals surface area contributed by atoms with Crippen molar-refractivity contribution in [3.05, 3.63) is 126 Å². The predicted octanol–water partition coefficient (Wildman–Crippen LogP) is 8.44. The Morgan fingerprint density at radius 1 is 0.513 bits per heavy atom. The van der Waals surface area contributed by atoms with Crippen molar-refractivity contribution in [2.75, 3.05) is 0 Å². The van der Waals surface area contributed by atoms with Crippen LogP contribution in [0.15, 0.2) is 72.8 Å². The van der Waals surface area contributed by atoms with Crippen LogP contribution >= 0.6 is 0 Å². The highest BCUT2D eigenvalue weighted by atomic mass is 16.6. The van der Waals surface area contributed by atoms with E-state index in [4.69, 9.17) is 0 Å². The molecule has 6 nitrogen and oxygen atoms in total. The molecule has 0 atom stereocenters. The third-order valence-electron chi connectivity index (χ3n) is 8.40. The van der Waals surface area contributed by atoms with Crippen molar-refractivity contribution in [2.45, 2.75) is 57.8 Å². The number of nitro benzene ring substituents is 2. The molecule has 4 aromatic carbocycles. The van der Waals surface area contributed by atoms with Gasteiger partial charge in [-0.3, -0.25) is 20.2 Å². The van der Waals surface area contributed by atoms with Crippen LogP contribution in [0.2, 0.25) is 0 Å². The van der Waals surface area contributed by atoms with Crippen molar-refractivity contribution >= 4 is 11.4 Å². The van der Waals surface area contributed by atoms with E-state index in [1.807, 2.05) is 0 Å². The van der Waals surface area contributed by atoms with Crippen LogP contribution in [0, 0.1) is 20.2 Å². The van der Waals surface area contributed by atoms with E-state index in [1.165, 1.54) is 12.1 Å². The van der Waals surface area contributed by atoms with Crippen molar-refractivity contribution in [1.82, 2.24) is 0 Å². The predicted molar refractivity (Wildman–Crippen MR) is 153 cm³/mol. The molecular formula is C33H30N2O4. The molecule has 6 heteroatoms. The number of hydrogen-bond donors (Lipinski definition) is 0. The summed E-state index contributed by atoms with van der Waals surface area (Å²) in [5.41, 5.74) is 8.52. The number of rotatable bonds is 2. The van der Waals surface area contributed by atoms with Gasteiger partial charge in [-0.1, -0.05) is 77.9 Å². The molecule has 4 aromatic rings. The number of non-ortho nitro benzene ring substituents is 2. The average molecular weight is 519 g/mol. The monoisotopic (exact) mass is 518 g/mol. The minimum atomic E-state index is -0.921. The van der Waals surface area contributed by atoms with Crippen molar-refractivity contribution in [3.8, 4) is 22.3 Å². The van der Waals surface area contributed by atoms with Crippen LogP contribution in [0.5, 0.6) is 0 Å². The summed E-state index contributed by atoms with van der Waals surface area (Å²) in [6.45, 7) is 13.0. The summed E-state index contributed by atoms with van der Waals surface area (Å²) in [7, 11) is 0. The summed E-state index contributed by atoms with van der Waals surface area (Å²) in [5.74, 6) is 0. The van der Waals surface area contributed by atoms with E-state index < -0.39 is 5.41 Å². The highest BCUT2D eigenvalue weighted by Crippen LogP contribution is 2.64. The zero-order valence-corrected chi connectivity index (χ0v) is 23.0. The van der Waals surface area contributed by atoms with Crippen LogP contribution in [0.1, 0.15) is 74.9 Å². The summed E-state index contributed by atoms with van der Waals surface area (Å²) >= 11 is 0. The molecule has 0 aromatic heterocycles. The van der Waals surface area contributed by atoms with Crippen LogP contribution in [0.3, 0.4) is 0 Å². The van der Waals surface area contributed by atoms with Gasteiger partial charge < -0.3 is 0 Å². The molecule has 0 aliphatic heterocycles. The minimum Gasteiger partial charge on any atom is -0.258 e. The Morgan fingerprint density at radius 2 is 0.821 bits per heavy atom. The van der Waals surface area contributed by atoms with Crippen LogP contribution in [0.4, 0.5) is 11.4 Å². The molecule has 0 unspecified atom stereocenters. The second-order valence-electron chi connectivity index (χ2n) is 12.7. The smallest absolute Gasteiger partial charge is 0.258 e. The number of nitro groups is 2. The zero-order valence-electron chi connectivity index (χ0n) is 23.0. The fraction of sp³-hybridized carbons (Fsp3) is 0.273. The summed E-state index contributed by atoms with van der Waals surface area (Å²) in [6, 6.07) is 23.0. The number of benzene rings is 4. The van der Waals surface area contributed by atoms with Crippen LogP contribution in [-0.4, -0.2) is 9.85 Å². The average Bonchev–Trinajstić information content (AvgIpc) is 3.33. The normalized spacial score (nSPS) is 14.5. The van der Waals surface area contributed by atoms with Gasteiger partial charge in [-0.05, 0) is 78.6 Å². The first-order valence-corrected chi connectivity index (χ1v) is 13.1. The molecule has 2 aliphatic rings. The molecule has 0 heterocycles. The minimum absolute atomic E-state index is 0.00406. The molecule has 0 fully saturated rings. The van der Waals surface area contributed by atoms with Gasteiger partial charge in [0.15, 0.2) is 0 Å². The van der Waals surface area contributed by atoms with Crippen molar-refractivity contribution < 1.29 is 9.85 Å². The van der Waals surface area contributed by atoms with E-state index in [-0.39, 0.29) is 32.1 Å². The topological polar surface area (TPSA) is 86.3 Å². The molecule has 0 saturated heterocycles. The molecule has 0 saturated carbocycles. The fourth-order valence-corrected chi connectivity index (χ4v) is 6.36. The third kappa shape index (κ3) is 3.40. The molecule has 0 amide bonds. The number of fused-ring (bicyclic) bond motifs is 10. The molecule has 0 N–H and O–H groups in total. The van der Waals surface area contributed by atoms with E-state index in [2.05, 4.69) is 77.9 Å². The largest absolute Gasteiger partial charge is 0.269 e. The van der Waals surface area contributed by atoms with Gasteiger partial charge in [-0.25, -0.2) is 0 Å². The second-order valence-corrected chi connectivity index (χ2v) is 12.7. The standard InChI is InChI=1S/C33H30N2O4/c1-31(2,3)19-7-11-23-24-12-8-20(32(4,5)6)16-28(24)33(27(23)15-19)29-17-21(34(36)37)9-13-25(29)26-14-10-22(35(38)39)18-30(26)33/h7-18H,1-6H3. The molecule has 39 heavy (non-hydrogen) atoms. The number of hydrogen-bond acceptors (Lipinski definition) is 4. The van der Waals surface area contributed by atoms with Gasteiger partial charge in [0.25, 0.3) is 11.4 Å². The first-order valence-electron chi connectivity index (χ1n) is 13.1. The van der Waals surface area contributed by atoms with E-state index >= 15 is 0 Å². The number of nitrogens with zero attached hydrogens (tertiary/aromatic N) is 2. The Bertz CT molecular complexity index is 1610. The van der Waals surface area contributed by atoms with Gasteiger partial charge in [-0.2, -0.15) is 0 Å². The second kappa shape index (κ2) is 7.85. The summed E-state index contributed by atoms with van der Waals surface area (Å²) in [6.07, 6.45) is 0. The lowest BCUT2D eigenvalue weighted by Gasteiger charge is -2.32. The lowest BCUT2D eigenvalue weighted by Crippen LogP contribution is -2.27. The Hall–Kier alpha value is -4.32. The Kier molecular flexibility index (Phi) is 5.03. The molecule has 2 aliphatic carbocycles. The van der Waals surface area contributed by atoms with Gasteiger partial charge >= 0.3 is 0 Å². The van der Waals surface area contributed by atoms with Gasteiger partial charge in [0.1, 0.15) is 0 Å². The van der Waals surface area contributed by atoms with Crippen molar-refractivity contribution in [2.24, 2.45) is 0 Å². The Balaban J connectivity index is 1.84. The Labute approximate surface area is 227 Å². The van der Waals surface area contributed by atoms with Crippen molar-refractivity contribution in [1.29, 1.82) is 0 Å². The van der Waals surface area contributed by atoms with Crippen LogP contribution in [-0.2, 0) is 16.2 Å². The van der Waals surface area contributed by atoms with Crippen LogP contribution < -0.4 is 0 Å². The lowest BCUT2D eigenvalue weighted by atomic mass is 9.68. The zero-order chi connectivity index (χ0) is 28.1. The SMILES string of the molecule is CC(C)(C)c1ccc2c(c1)C1(c3cc([N+](=O)[O-])ccc3-c3ccc([N+](=O)[O-])cc31)c1cc(C(C)(C)C)ccc1-2. The van der Waals surface area contributed by atoms with Gasteiger partial charge in [0.2, 0.25) is 0 Å². The van der Waals surface area contributed by atoms with E-state index in [0.717, 1.165) is 55.6 Å². The first kappa shape index (κ1) is 25.0. The van der Waals surface area contributed by atoms with Gasteiger partial charge in [-0.15, -0.1) is 0 Å². The fourth-order valence-electron chi connectivity index (χ4n) is 6.36. The molecular weight excluding hydrogens is 488 g/mol.